The molecule has 21 heavy (non-hydrogen) atoms. The molecule has 0 aliphatic heterocycles. The summed E-state index contributed by atoms with van der Waals surface area (Å²) in [5, 5.41) is 8.07. The first-order valence-electron chi connectivity index (χ1n) is 7.77. The van der Waals surface area contributed by atoms with Gasteiger partial charge in [-0.2, -0.15) is 5.10 Å². The molecule has 0 spiro atoms. The maximum Gasteiger partial charge on any atom is 0.162 e. The smallest absolute Gasteiger partial charge is 0.162 e. The van der Waals surface area contributed by atoms with Gasteiger partial charge in [-0.1, -0.05) is 20.8 Å². The second-order valence-electron chi connectivity index (χ2n) is 5.24. The second kappa shape index (κ2) is 6.70. The minimum atomic E-state index is 0.768. The van der Waals surface area contributed by atoms with Crippen LogP contribution in [0.4, 0.5) is 5.82 Å². The average Bonchev–Trinajstić information content (AvgIpc) is 2.91. The SMILES string of the molecule is CCCNc1nc(C)nc(-n2nc(CC)cc2CC)c1C. The number of hydrogen-bond donors (Lipinski definition) is 1. The van der Waals surface area contributed by atoms with Crippen LogP contribution in [-0.4, -0.2) is 26.3 Å². The van der Waals surface area contributed by atoms with Crippen LogP contribution in [-0.2, 0) is 12.8 Å². The highest BCUT2D eigenvalue weighted by Crippen LogP contribution is 2.21. The zero-order chi connectivity index (χ0) is 15.4. The molecule has 0 aromatic carbocycles. The van der Waals surface area contributed by atoms with E-state index >= 15 is 0 Å². The van der Waals surface area contributed by atoms with E-state index in [9.17, 15) is 0 Å². The monoisotopic (exact) mass is 287 g/mol. The predicted molar refractivity (Wildman–Crippen MR) is 86.2 cm³/mol. The summed E-state index contributed by atoms with van der Waals surface area (Å²) in [6, 6.07) is 2.16. The number of nitrogens with zero attached hydrogens (tertiary/aromatic N) is 4. The minimum Gasteiger partial charge on any atom is -0.370 e. The van der Waals surface area contributed by atoms with Crippen molar-refractivity contribution in [3.8, 4) is 5.82 Å². The van der Waals surface area contributed by atoms with Gasteiger partial charge in [-0.15, -0.1) is 0 Å². The van der Waals surface area contributed by atoms with Crippen LogP contribution in [0.25, 0.3) is 5.82 Å². The molecule has 0 saturated heterocycles. The second-order valence-corrected chi connectivity index (χ2v) is 5.24. The fraction of sp³-hybridized carbons (Fsp3) is 0.562. The van der Waals surface area contributed by atoms with Gasteiger partial charge < -0.3 is 5.32 Å². The Balaban J connectivity index is 2.52. The Hall–Kier alpha value is -1.91. The third-order valence-electron chi connectivity index (χ3n) is 3.53. The summed E-state index contributed by atoms with van der Waals surface area (Å²) in [6.45, 7) is 11.3. The lowest BCUT2D eigenvalue weighted by molar-refractivity contribution is 0.756. The van der Waals surface area contributed by atoms with Gasteiger partial charge in [-0.25, -0.2) is 14.6 Å². The number of hydrogen-bond acceptors (Lipinski definition) is 4. The summed E-state index contributed by atoms with van der Waals surface area (Å²) >= 11 is 0. The number of aromatic nitrogens is 4. The van der Waals surface area contributed by atoms with Crippen LogP contribution in [0.1, 0.15) is 50.0 Å². The van der Waals surface area contributed by atoms with Crippen molar-refractivity contribution < 1.29 is 0 Å². The van der Waals surface area contributed by atoms with E-state index in [1.165, 1.54) is 5.69 Å². The molecule has 0 atom stereocenters. The van der Waals surface area contributed by atoms with E-state index in [1.54, 1.807) is 0 Å². The van der Waals surface area contributed by atoms with Crippen molar-refractivity contribution in [1.82, 2.24) is 19.7 Å². The van der Waals surface area contributed by atoms with E-state index in [0.717, 1.165) is 54.5 Å². The first-order chi connectivity index (χ1) is 10.1. The lowest BCUT2D eigenvalue weighted by Crippen LogP contribution is -2.12. The molecule has 0 saturated carbocycles. The summed E-state index contributed by atoms with van der Waals surface area (Å²) in [5.41, 5.74) is 3.34. The summed E-state index contributed by atoms with van der Waals surface area (Å²) in [6.07, 6.45) is 2.94. The highest BCUT2D eigenvalue weighted by atomic mass is 15.3. The molecule has 2 aromatic heterocycles. The van der Waals surface area contributed by atoms with Crippen LogP contribution < -0.4 is 5.32 Å². The molecule has 2 aromatic rings. The van der Waals surface area contributed by atoms with E-state index in [4.69, 9.17) is 5.10 Å². The molecule has 5 nitrogen and oxygen atoms in total. The molecule has 0 radical (unpaired) electrons. The van der Waals surface area contributed by atoms with Crippen molar-refractivity contribution in [1.29, 1.82) is 0 Å². The molecule has 0 fully saturated rings. The van der Waals surface area contributed by atoms with Crippen LogP contribution in [0.3, 0.4) is 0 Å². The van der Waals surface area contributed by atoms with Gasteiger partial charge in [0.2, 0.25) is 0 Å². The third-order valence-corrected chi connectivity index (χ3v) is 3.53. The van der Waals surface area contributed by atoms with Crippen LogP contribution in [0, 0.1) is 13.8 Å². The largest absolute Gasteiger partial charge is 0.370 e. The molecule has 0 aliphatic rings. The van der Waals surface area contributed by atoms with E-state index in [-0.39, 0.29) is 0 Å². The van der Waals surface area contributed by atoms with Gasteiger partial charge >= 0.3 is 0 Å². The van der Waals surface area contributed by atoms with Gasteiger partial charge in [0.1, 0.15) is 11.6 Å². The molecule has 2 rings (SSSR count). The molecular weight excluding hydrogens is 262 g/mol. The maximum atomic E-state index is 4.69. The Labute approximate surface area is 126 Å². The molecule has 0 unspecified atom stereocenters. The molecular formula is C16H25N5. The molecule has 0 aliphatic carbocycles. The van der Waals surface area contributed by atoms with E-state index in [1.807, 2.05) is 11.6 Å². The van der Waals surface area contributed by atoms with Crippen molar-refractivity contribution in [2.24, 2.45) is 0 Å². The zero-order valence-electron chi connectivity index (χ0n) is 13.7. The van der Waals surface area contributed by atoms with E-state index in [0.29, 0.717) is 0 Å². The number of rotatable bonds is 6. The highest BCUT2D eigenvalue weighted by Gasteiger charge is 2.15. The summed E-state index contributed by atoms with van der Waals surface area (Å²) < 4.78 is 1.97. The van der Waals surface area contributed by atoms with Crippen LogP contribution >= 0.6 is 0 Å². The third kappa shape index (κ3) is 3.23. The first kappa shape index (κ1) is 15.5. The van der Waals surface area contributed by atoms with Crippen LogP contribution in [0.2, 0.25) is 0 Å². The van der Waals surface area contributed by atoms with Crippen molar-refractivity contribution in [3.63, 3.8) is 0 Å². The van der Waals surface area contributed by atoms with Gasteiger partial charge in [0.15, 0.2) is 5.82 Å². The topological polar surface area (TPSA) is 55.6 Å². The van der Waals surface area contributed by atoms with E-state index < -0.39 is 0 Å². The van der Waals surface area contributed by atoms with Crippen molar-refractivity contribution >= 4 is 5.82 Å². The molecule has 114 valence electrons. The van der Waals surface area contributed by atoms with Gasteiger partial charge in [0, 0.05) is 17.8 Å². The number of anilines is 1. The lowest BCUT2D eigenvalue weighted by atomic mass is 10.2. The molecule has 5 heteroatoms. The van der Waals surface area contributed by atoms with Gasteiger partial charge in [0.05, 0.1) is 5.69 Å². The Morgan fingerprint density at radius 3 is 2.48 bits per heavy atom. The molecule has 0 bridgehead atoms. The predicted octanol–water partition coefficient (Wildman–Crippen LogP) is 3.23. The molecule has 2 heterocycles. The Bertz CT molecular complexity index is 615. The Morgan fingerprint density at radius 1 is 1.10 bits per heavy atom. The fourth-order valence-corrected chi connectivity index (χ4v) is 2.32. The molecule has 1 N–H and O–H groups in total. The highest BCUT2D eigenvalue weighted by molar-refractivity contribution is 5.52. The first-order valence-corrected chi connectivity index (χ1v) is 7.77. The maximum absolute atomic E-state index is 4.69. The Morgan fingerprint density at radius 2 is 1.86 bits per heavy atom. The van der Waals surface area contributed by atoms with Gasteiger partial charge in [0.25, 0.3) is 0 Å². The van der Waals surface area contributed by atoms with Crippen LogP contribution in [0.5, 0.6) is 0 Å². The van der Waals surface area contributed by atoms with E-state index in [2.05, 4.69) is 49.0 Å². The fourth-order valence-electron chi connectivity index (χ4n) is 2.32. The van der Waals surface area contributed by atoms with Crippen LogP contribution in [0.15, 0.2) is 6.07 Å². The number of nitrogens with one attached hydrogen (secondary N) is 1. The normalized spacial score (nSPS) is 10.9. The standard InChI is InChI=1S/C16H25N5/c1-6-9-17-15-11(4)16(19-12(5)18-15)21-14(8-3)10-13(7-2)20-21/h10H,6-9H2,1-5H3,(H,17,18,19). The molecule has 0 amide bonds. The Kier molecular flexibility index (Phi) is 4.94. The summed E-state index contributed by atoms with van der Waals surface area (Å²) in [4.78, 5) is 9.13. The number of aryl methyl sites for hydroxylation is 3. The van der Waals surface area contributed by atoms with Crippen molar-refractivity contribution in [3.05, 3.63) is 28.8 Å². The zero-order valence-corrected chi connectivity index (χ0v) is 13.7. The van der Waals surface area contributed by atoms with Crippen molar-refractivity contribution in [2.75, 3.05) is 11.9 Å². The average molecular weight is 287 g/mol. The summed E-state index contributed by atoms with van der Waals surface area (Å²) in [7, 11) is 0. The summed E-state index contributed by atoms with van der Waals surface area (Å²) in [5.74, 6) is 2.57. The lowest BCUT2D eigenvalue weighted by Gasteiger charge is -2.14. The van der Waals surface area contributed by atoms with Gasteiger partial charge in [-0.3, -0.25) is 0 Å². The minimum absolute atomic E-state index is 0.768. The van der Waals surface area contributed by atoms with Gasteiger partial charge in [-0.05, 0) is 39.2 Å². The quantitative estimate of drug-likeness (QED) is 0.886. The van der Waals surface area contributed by atoms with Crippen molar-refractivity contribution in [2.45, 2.75) is 53.9 Å².